The maximum atomic E-state index is 12.1. The van der Waals surface area contributed by atoms with Crippen LogP contribution < -0.4 is 5.32 Å². The van der Waals surface area contributed by atoms with Gasteiger partial charge in [0.1, 0.15) is 5.75 Å². The molecule has 2 N–H and O–H groups in total. The van der Waals surface area contributed by atoms with Crippen molar-refractivity contribution in [1.82, 2.24) is 5.32 Å². The van der Waals surface area contributed by atoms with Crippen LogP contribution in [-0.2, 0) is 0 Å². The molecule has 2 aromatic carbocycles. The van der Waals surface area contributed by atoms with E-state index in [1.165, 1.54) is 17.7 Å². The third-order valence-corrected chi connectivity index (χ3v) is 3.36. The van der Waals surface area contributed by atoms with Crippen LogP contribution in [0.5, 0.6) is 5.75 Å². The molecule has 104 valence electrons. The number of aryl methyl sites for hydroxylation is 1. The van der Waals surface area contributed by atoms with Crippen molar-refractivity contribution in [2.75, 3.05) is 0 Å². The minimum Gasteiger partial charge on any atom is -0.507 e. The van der Waals surface area contributed by atoms with E-state index in [0.29, 0.717) is 5.02 Å². The first-order valence-corrected chi connectivity index (χ1v) is 6.71. The fourth-order valence-corrected chi connectivity index (χ4v) is 2.08. The second-order valence-corrected chi connectivity index (χ2v) is 5.20. The summed E-state index contributed by atoms with van der Waals surface area (Å²) < 4.78 is 0. The number of amides is 1. The Hall–Kier alpha value is -2.00. The van der Waals surface area contributed by atoms with E-state index in [2.05, 4.69) is 5.32 Å². The van der Waals surface area contributed by atoms with Gasteiger partial charge in [0.25, 0.3) is 5.91 Å². The fourth-order valence-electron chi connectivity index (χ4n) is 1.91. The molecule has 0 spiro atoms. The molecule has 3 nitrogen and oxygen atoms in total. The van der Waals surface area contributed by atoms with Gasteiger partial charge >= 0.3 is 0 Å². The van der Waals surface area contributed by atoms with Gasteiger partial charge in [0.15, 0.2) is 0 Å². The molecule has 2 aromatic rings. The zero-order valence-corrected chi connectivity index (χ0v) is 12.1. The first kappa shape index (κ1) is 14.4. The minimum absolute atomic E-state index is 0.119. The lowest BCUT2D eigenvalue weighted by molar-refractivity contribution is 0.0937. The van der Waals surface area contributed by atoms with E-state index >= 15 is 0 Å². The number of phenolic OH excluding ortho intramolecular Hbond substituents is 1. The summed E-state index contributed by atoms with van der Waals surface area (Å²) in [5, 5.41) is 13.0. The summed E-state index contributed by atoms with van der Waals surface area (Å²) in [4.78, 5) is 12.1. The van der Waals surface area contributed by atoms with Gasteiger partial charge in [-0.25, -0.2) is 0 Å². The largest absolute Gasteiger partial charge is 0.507 e. The molecule has 20 heavy (non-hydrogen) atoms. The fraction of sp³-hybridized carbons (Fsp3) is 0.188. The lowest BCUT2D eigenvalue weighted by atomic mass is 10.1. The number of aromatic hydroxyl groups is 1. The second-order valence-electron chi connectivity index (χ2n) is 4.77. The number of benzene rings is 2. The predicted octanol–water partition coefficient (Wildman–Crippen LogP) is 3.85. The molecule has 1 amide bonds. The van der Waals surface area contributed by atoms with Crippen LogP contribution in [0.2, 0.25) is 5.02 Å². The zero-order chi connectivity index (χ0) is 14.7. The van der Waals surface area contributed by atoms with E-state index in [1.54, 1.807) is 6.07 Å². The van der Waals surface area contributed by atoms with Crippen LogP contribution in [0, 0.1) is 6.92 Å². The molecule has 0 saturated heterocycles. The normalized spacial score (nSPS) is 11.9. The summed E-state index contributed by atoms with van der Waals surface area (Å²) in [5.41, 5.74) is 2.40. The van der Waals surface area contributed by atoms with Crippen molar-refractivity contribution < 1.29 is 9.90 Å². The number of carbonyl (C=O) groups excluding carboxylic acids is 1. The van der Waals surface area contributed by atoms with Gasteiger partial charge in [-0.05, 0) is 37.6 Å². The molecule has 0 aliphatic carbocycles. The molecule has 0 bridgehead atoms. The van der Waals surface area contributed by atoms with Gasteiger partial charge in [0.2, 0.25) is 0 Å². The minimum atomic E-state index is -0.327. The first-order chi connectivity index (χ1) is 9.47. The standard InChI is InChI=1S/C16H16ClNO2/c1-10-3-5-12(6-4-10)11(2)18-16(20)14-8-7-13(17)9-15(14)19/h3-9,11,19H,1-2H3,(H,18,20). The van der Waals surface area contributed by atoms with E-state index in [-0.39, 0.29) is 23.3 Å². The quantitative estimate of drug-likeness (QED) is 0.902. The molecule has 0 fully saturated rings. The molecule has 0 aromatic heterocycles. The van der Waals surface area contributed by atoms with E-state index in [1.807, 2.05) is 38.1 Å². The average molecular weight is 290 g/mol. The zero-order valence-electron chi connectivity index (χ0n) is 11.4. The van der Waals surface area contributed by atoms with Crippen LogP contribution in [0.15, 0.2) is 42.5 Å². The highest BCUT2D eigenvalue weighted by molar-refractivity contribution is 6.30. The Bertz CT molecular complexity index is 623. The number of rotatable bonds is 3. The van der Waals surface area contributed by atoms with E-state index in [0.717, 1.165) is 5.56 Å². The average Bonchev–Trinajstić information content (AvgIpc) is 2.39. The summed E-state index contributed by atoms with van der Waals surface area (Å²) in [6, 6.07) is 12.2. The van der Waals surface area contributed by atoms with E-state index < -0.39 is 0 Å². The number of halogens is 1. The molecule has 2 rings (SSSR count). The second kappa shape index (κ2) is 5.97. The summed E-state index contributed by atoms with van der Waals surface area (Å²) in [5.74, 6) is -0.446. The highest BCUT2D eigenvalue weighted by atomic mass is 35.5. The topological polar surface area (TPSA) is 49.3 Å². The molecular formula is C16H16ClNO2. The summed E-state index contributed by atoms with van der Waals surface area (Å²) in [7, 11) is 0. The van der Waals surface area contributed by atoms with E-state index in [9.17, 15) is 9.90 Å². The van der Waals surface area contributed by atoms with E-state index in [4.69, 9.17) is 11.6 Å². The van der Waals surface area contributed by atoms with Crippen LogP contribution in [0.1, 0.15) is 34.5 Å². The Morgan fingerprint density at radius 2 is 1.85 bits per heavy atom. The number of carbonyl (C=O) groups is 1. The van der Waals surface area contributed by atoms with Gasteiger partial charge in [-0.15, -0.1) is 0 Å². The molecule has 1 unspecified atom stereocenters. The van der Waals surface area contributed by atoms with Gasteiger partial charge in [-0.2, -0.15) is 0 Å². The first-order valence-electron chi connectivity index (χ1n) is 6.33. The van der Waals surface area contributed by atoms with Crippen molar-refractivity contribution in [1.29, 1.82) is 0 Å². The molecule has 0 aliphatic rings. The predicted molar refractivity (Wildman–Crippen MR) is 80.2 cm³/mol. The van der Waals surface area contributed by atoms with Gasteiger partial charge in [0.05, 0.1) is 11.6 Å². The van der Waals surface area contributed by atoms with Crippen molar-refractivity contribution >= 4 is 17.5 Å². The number of hydrogen-bond acceptors (Lipinski definition) is 2. The lowest BCUT2D eigenvalue weighted by Gasteiger charge is -2.15. The van der Waals surface area contributed by atoms with Gasteiger partial charge in [-0.3, -0.25) is 4.79 Å². The molecule has 0 saturated carbocycles. The number of nitrogens with one attached hydrogen (secondary N) is 1. The monoisotopic (exact) mass is 289 g/mol. The smallest absolute Gasteiger partial charge is 0.255 e. The third-order valence-electron chi connectivity index (χ3n) is 3.13. The van der Waals surface area contributed by atoms with Gasteiger partial charge in [-0.1, -0.05) is 41.4 Å². The highest BCUT2D eigenvalue weighted by Gasteiger charge is 2.14. The Morgan fingerprint density at radius 1 is 1.20 bits per heavy atom. The molecule has 0 aliphatic heterocycles. The maximum Gasteiger partial charge on any atom is 0.255 e. The Morgan fingerprint density at radius 3 is 2.45 bits per heavy atom. The lowest BCUT2D eigenvalue weighted by Crippen LogP contribution is -2.26. The summed E-state index contributed by atoms with van der Waals surface area (Å²) >= 11 is 5.75. The molecule has 1 atom stereocenters. The molecular weight excluding hydrogens is 274 g/mol. The number of phenols is 1. The van der Waals surface area contributed by atoms with Crippen LogP contribution in [0.25, 0.3) is 0 Å². The van der Waals surface area contributed by atoms with Crippen LogP contribution >= 0.6 is 11.6 Å². The Balaban J connectivity index is 2.13. The SMILES string of the molecule is Cc1ccc(C(C)NC(=O)c2ccc(Cl)cc2O)cc1. The molecule has 4 heteroatoms. The summed E-state index contributed by atoms with van der Waals surface area (Å²) in [6.45, 7) is 3.91. The summed E-state index contributed by atoms with van der Waals surface area (Å²) in [6.07, 6.45) is 0. The van der Waals surface area contributed by atoms with Crippen molar-refractivity contribution in [2.45, 2.75) is 19.9 Å². The molecule has 0 heterocycles. The number of hydrogen-bond donors (Lipinski definition) is 2. The van der Waals surface area contributed by atoms with Gasteiger partial charge in [0, 0.05) is 5.02 Å². The van der Waals surface area contributed by atoms with Gasteiger partial charge < -0.3 is 10.4 Å². The van der Waals surface area contributed by atoms with Crippen LogP contribution in [-0.4, -0.2) is 11.0 Å². The van der Waals surface area contributed by atoms with Crippen LogP contribution in [0.3, 0.4) is 0 Å². The Kier molecular flexibility index (Phi) is 4.30. The van der Waals surface area contributed by atoms with Crippen molar-refractivity contribution in [2.24, 2.45) is 0 Å². The molecule has 0 radical (unpaired) electrons. The van der Waals surface area contributed by atoms with Crippen molar-refractivity contribution in [3.05, 3.63) is 64.2 Å². The Labute approximate surface area is 123 Å². The maximum absolute atomic E-state index is 12.1. The third kappa shape index (κ3) is 3.31. The van der Waals surface area contributed by atoms with Crippen LogP contribution in [0.4, 0.5) is 0 Å². The van der Waals surface area contributed by atoms with Crippen molar-refractivity contribution in [3.63, 3.8) is 0 Å². The highest BCUT2D eigenvalue weighted by Crippen LogP contribution is 2.23. The van der Waals surface area contributed by atoms with Crippen molar-refractivity contribution in [3.8, 4) is 5.75 Å².